The Hall–Kier alpha value is 0.440. The van der Waals surface area contributed by atoms with Gasteiger partial charge in [-0.15, -0.1) is 0 Å². The van der Waals surface area contributed by atoms with E-state index in [9.17, 15) is 0 Å². The Morgan fingerprint density at radius 1 is 0.500 bits per heavy atom. The number of hydrogen-bond acceptors (Lipinski definition) is 0. The molecule has 0 unspecified atom stereocenters. The molecule has 20 heavy (non-hydrogen) atoms. The summed E-state index contributed by atoms with van der Waals surface area (Å²) < 4.78 is 1.42. The minimum atomic E-state index is 0. The highest BCUT2D eigenvalue weighted by Crippen LogP contribution is 2.16. The quantitative estimate of drug-likeness (QED) is 0.474. The van der Waals surface area contributed by atoms with Crippen LogP contribution in [-0.2, 0) is 0 Å². The summed E-state index contributed by atoms with van der Waals surface area (Å²) in [7, 11) is 0. The van der Waals surface area contributed by atoms with Crippen molar-refractivity contribution in [2.75, 3.05) is 26.2 Å². The molecule has 0 radical (unpaired) electrons. The Labute approximate surface area is 140 Å². The van der Waals surface area contributed by atoms with Crippen molar-refractivity contribution < 1.29 is 21.5 Å². The maximum atomic E-state index is 2.33. The largest absolute Gasteiger partial charge is 1.00 e. The molecule has 0 saturated carbocycles. The molecule has 0 aromatic rings. The van der Waals surface area contributed by atoms with Gasteiger partial charge in [0.25, 0.3) is 0 Å². The van der Waals surface area contributed by atoms with Gasteiger partial charge in [0.2, 0.25) is 0 Å². The molecular formula is C18H42BrN. The lowest BCUT2D eigenvalue weighted by Gasteiger charge is -2.39. The van der Waals surface area contributed by atoms with E-state index in [0.717, 1.165) is 0 Å². The molecule has 0 aromatic carbocycles. The highest BCUT2D eigenvalue weighted by atomic mass is 79.9. The highest BCUT2D eigenvalue weighted by Gasteiger charge is 2.24. The summed E-state index contributed by atoms with van der Waals surface area (Å²) in [6, 6.07) is 0. The van der Waals surface area contributed by atoms with Gasteiger partial charge in [-0.3, -0.25) is 0 Å². The van der Waals surface area contributed by atoms with E-state index in [1.807, 2.05) is 13.8 Å². The number of quaternary nitrogens is 1. The van der Waals surface area contributed by atoms with E-state index >= 15 is 0 Å². The Morgan fingerprint density at radius 2 is 0.700 bits per heavy atom. The van der Waals surface area contributed by atoms with Crippen LogP contribution >= 0.6 is 0 Å². The monoisotopic (exact) mass is 351 g/mol. The van der Waals surface area contributed by atoms with Crippen molar-refractivity contribution in [2.24, 2.45) is 0 Å². The van der Waals surface area contributed by atoms with Gasteiger partial charge in [-0.1, -0.05) is 67.2 Å². The van der Waals surface area contributed by atoms with Gasteiger partial charge in [0.05, 0.1) is 26.2 Å². The summed E-state index contributed by atoms with van der Waals surface area (Å²) in [6.45, 7) is 19.0. The Bertz CT molecular complexity index is 122. The number of hydrogen-bond donors (Lipinski definition) is 0. The van der Waals surface area contributed by atoms with E-state index in [1.54, 1.807) is 0 Å². The first-order valence-electron chi connectivity index (χ1n) is 9.09. The summed E-state index contributed by atoms with van der Waals surface area (Å²) in [6.07, 6.45) is 11.1. The van der Waals surface area contributed by atoms with Gasteiger partial charge in [0.15, 0.2) is 0 Å². The topological polar surface area (TPSA) is 0 Å². The normalized spacial score (nSPS) is 10.5. The van der Waals surface area contributed by atoms with Crippen LogP contribution < -0.4 is 17.0 Å². The van der Waals surface area contributed by atoms with Gasteiger partial charge >= 0.3 is 0 Å². The summed E-state index contributed by atoms with van der Waals surface area (Å²) in [5, 5.41) is 0. The van der Waals surface area contributed by atoms with Crippen LogP contribution in [0, 0.1) is 0 Å². The highest BCUT2D eigenvalue weighted by molar-refractivity contribution is 4.49. The first-order chi connectivity index (χ1) is 9.24. The molecule has 0 rings (SSSR count). The van der Waals surface area contributed by atoms with Crippen LogP contribution in [0.2, 0.25) is 0 Å². The van der Waals surface area contributed by atoms with Crippen LogP contribution in [0.4, 0.5) is 0 Å². The zero-order chi connectivity index (χ0) is 15.0. The third-order valence-electron chi connectivity index (χ3n) is 3.94. The Balaban J connectivity index is -0.000000916. The molecule has 0 bridgehead atoms. The van der Waals surface area contributed by atoms with Crippen molar-refractivity contribution in [3.05, 3.63) is 0 Å². The van der Waals surface area contributed by atoms with Crippen molar-refractivity contribution in [1.82, 2.24) is 0 Å². The predicted octanol–water partition coefficient (Wildman–Crippen LogP) is 3.03. The molecule has 0 N–H and O–H groups in total. The van der Waals surface area contributed by atoms with Crippen LogP contribution in [0.15, 0.2) is 0 Å². The van der Waals surface area contributed by atoms with E-state index in [-0.39, 0.29) is 17.0 Å². The number of nitrogens with zero attached hydrogens (tertiary/aromatic N) is 1. The van der Waals surface area contributed by atoms with Crippen LogP contribution in [-0.4, -0.2) is 30.7 Å². The minimum absolute atomic E-state index is 0. The van der Waals surface area contributed by atoms with Gasteiger partial charge in [-0.2, -0.15) is 0 Å². The third-order valence-corrected chi connectivity index (χ3v) is 3.94. The molecule has 1 nitrogen and oxygen atoms in total. The molecule has 0 aliphatic heterocycles. The SMILES string of the molecule is CC.CCCC[N+](CCCC)(CCCC)CCCC.[Br-]. The average molecular weight is 352 g/mol. The summed E-state index contributed by atoms with van der Waals surface area (Å²) >= 11 is 0. The maximum absolute atomic E-state index is 2.33. The number of unbranched alkanes of at least 4 members (excludes halogenated alkanes) is 4. The van der Waals surface area contributed by atoms with Crippen molar-refractivity contribution in [2.45, 2.75) is 92.9 Å². The molecule has 0 atom stereocenters. The van der Waals surface area contributed by atoms with E-state index in [1.165, 1.54) is 82.0 Å². The molecular weight excluding hydrogens is 310 g/mol. The Kier molecular flexibility index (Phi) is 24.7. The molecule has 2 heteroatoms. The lowest BCUT2D eigenvalue weighted by Crippen LogP contribution is -3.00. The van der Waals surface area contributed by atoms with Crippen LogP contribution in [0.1, 0.15) is 92.9 Å². The molecule has 0 amide bonds. The van der Waals surface area contributed by atoms with E-state index in [0.29, 0.717) is 0 Å². The van der Waals surface area contributed by atoms with Crippen LogP contribution in [0.5, 0.6) is 0 Å². The van der Waals surface area contributed by atoms with E-state index in [2.05, 4.69) is 27.7 Å². The van der Waals surface area contributed by atoms with E-state index < -0.39 is 0 Å². The lowest BCUT2D eigenvalue weighted by molar-refractivity contribution is -0.929. The minimum Gasteiger partial charge on any atom is -1.00 e. The van der Waals surface area contributed by atoms with Gasteiger partial charge in [-0.05, 0) is 25.7 Å². The fraction of sp³-hybridized carbons (Fsp3) is 1.00. The number of rotatable bonds is 12. The predicted molar refractivity (Wildman–Crippen MR) is 90.7 cm³/mol. The van der Waals surface area contributed by atoms with Gasteiger partial charge in [0.1, 0.15) is 0 Å². The molecule has 0 aromatic heterocycles. The molecule has 0 fully saturated rings. The smallest absolute Gasteiger partial charge is 0.0786 e. The van der Waals surface area contributed by atoms with Crippen molar-refractivity contribution >= 4 is 0 Å². The maximum Gasteiger partial charge on any atom is 0.0786 e. The zero-order valence-electron chi connectivity index (χ0n) is 15.3. The fourth-order valence-corrected chi connectivity index (χ4v) is 2.64. The second kappa shape index (κ2) is 19.4. The first-order valence-corrected chi connectivity index (χ1v) is 9.09. The van der Waals surface area contributed by atoms with Gasteiger partial charge in [0, 0.05) is 0 Å². The Morgan fingerprint density at radius 3 is 0.850 bits per heavy atom. The lowest BCUT2D eigenvalue weighted by atomic mass is 10.1. The van der Waals surface area contributed by atoms with Crippen molar-refractivity contribution in [3.8, 4) is 0 Å². The second-order valence-electron chi connectivity index (χ2n) is 5.65. The van der Waals surface area contributed by atoms with E-state index in [4.69, 9.17) is 0 Å². The van der Waals surface area contributed by atoms with Crippen LogP contribution in [0.25, 0.3) is 0 Å². The summed E-state index contributed by atoms with van der Waals surface area (Å²) in [4.78, 5) is 0. The summed E-state index contributed by atoms with van der Waals surface area (Å²) in [5.41, 5.74) is 0. The van der Waals surface area contributed by atoms with Gasteiger partial charge in [-0.25, -0.2) is 0 Å². The second-order valence-corrected chi connectivity index (χ2v) is 5.65. The third kappa shape index (κ3) is 13.4. The average Bonchev–Trinajstić information content (AvgIpc) is 2.48. The summed E-state index contributed by atoms with van der Waals surface area (Å²) in [5.74, 6) is 0. The standard InChI is InChI=1S/C16H36N.C2H6.BrH/c1-5-9-13-17(14-10-6-2,15-11-7-3)16-12-8-4;1-2;/h5-16H2,1-4H3;1-2H3;1H/q+1;;/p-1. The zero-order valence-corrected chi connectivity index (χ0v) is 16.9. The first kappa shape index (κ1) is 25.4. The van der Waals surface area contributed by atoms with Gasteiger partial charge < -0.3 is 21.5 Å². The van der Waals surface area contributed by atoms with Crippen molar-refractivity contribution in [1.29, 1.82) is 0 Å². The molecule has 0 aliphatic carbocycles. The molecule has 0 aliphatic rings. The molecule has 126 valence electrons. The molecule has 0 saturated heterocycles. The molecule has 0 spiro atoms. The molecule has 0 heterocycles. The van der Waals surface area contributed by atoms with Crippen LogP contribution in [0.3, 0.4) is 0 Å². The fourth-order valence-electron chi connectivity index (χ4n) is 2.64. The van der Waals surface area contributed by atoms with Crippen molar-refractivity contribution in [3.63, 3.8) is 0 Å². The number of halogens is 1.